The van der Waals surface area contributed by atoms with Crippen LogP contribution in [0.25, 0.3) is 0 Å². The molecule has 0 aliphatic heterocycles. The van der Waals surface area contributed by atoms with Gasteiger partial charge < -0.3 is 5.32 Å². The Hall–Kier alpha value is -1.69. The molecular formula is C15H19BrN4O. The SMILES string of the molecule is CCCc1nc(C(=O)NC(CC)c2ccc(Br)cc2)n[nH]1. The zero-order valence-electron chi connectivity index (χ0n) is 12.2. The molecule has 0 bridgehead atoms. The Bertz CT molecular complexity index is 594. The van der Waals surface area contributed by atoms with Crippen molar-refractivity contribution in [1.82, 2.24) is 20.5 Å². The normalized spacial score (nSPS) is 12.1. The van der Waals surface area contributed by atoms with Crippen molar-refractivity contribution in [2.75, 3.05) is 0 Å². The first-order valence-electron chi connectivity index (χ1n) is 7.11. The summed E-state index contributed by atoms with van der Waals surface area (Å²) in [6.07, 6.45) is 2.57. The van der Waals surface area contributed by atoms with Crippen molar-refractivity contribution in [3.05, 3.63) is 46.0 Å². The zero-order valence-corrected chi connectivity index (χ0v) is 13.8. The van der Waals surface area contributed by atoms with Crippen molar-refractivity contribution in [1.29, 1.82) is 0 Å². The maximum absolute atomic E-state index is 12.2. The predicted molar refractivity (Wildman–Crippen MR) is 85.0 cm³/mol. The van der Waals surface area contributed by atoms with Gasteiger partial charge in [-0.1, -0.05) is 41.9 Å². The van der Waals surface area contributed by atoms with E-state index in [1.807, 2.05) is 31.2 Å². The first-order chi connectivity index (χ1) is 10.1. The quantitative estimate of drug-likeness (QED) is 0.838. The molecule has 112 valence electrons. The van der Waals surface area contributed by atoms with Crippen LogP contribution in [0.2, 0.25) is 0 Å². The molecule has 1 atom stereocenters. The number of aromatic nitrogens is 3. The summed E-state index contributed by atoms with van der Waals surface area (Å²) in [6.45, 7) is 4.09. The van der Waals surface area contributed by atoms with E-state index in [9.17, 15) is 4.79 Å². The molecule has 1 unspecified atom stereocenters. The summed E-state index contributed by atoms with van der Waals surface area (Å²) in [5, 5.41) is 9.75. The smallest absolute Gasteiger partial charge is 0.291 e. The fourth-order valence-corrected chi connectivity index (χ4v) is 2.35. The van der Waals surface area contributed by atoms with Crippen LogP contribution in [0.5, 0.6) is 0 Å². The van der Waals surface area contributed by atoms with Gasteiger partial charge in [0.2, 0.25) is 5.82 Å². The average Bonchev–Trinajstić information content (AvgIpc) is 2.95. The maximum Gasteiger partial charge on any atom is 0.291 e. The molecule has 2 N–H and O–H groups in total. The largest absolute Gasteiger partial charge is 0.342 e. The summed E-state index contributed by atoms with van der Waals surface area (Å²) < 4.78 is 1.02. The first kappa shape index (κ1) is 15.7. The minimum absolute atomic E-state index is 0.0428. The summed E-state index contributed by atoms with van der Waals surface area (Å²) in [5.41, 5.74) is 1.07. The van der Waals surface area contributed by atoms with Gasteiger partial charge in [0, 0.05) is 10.9 Å². The van der Waals surface area contributed by atoms with Crippen molar-refractivity contribution in [3.8, 4) is 0 Å². The average molecular weight is 351 g/mol. The summed E-state index contributed by atoms with van der Waals surface area (Å²) in [6, 6.07) is 7.89. The Morgan fingerprint density at radius 2 is 2.05 bits per heavy atom. The number of aromatic amines is 1. The standard InChI is InChI=1S/C15H19BrN4O/c1-3-5-13-18-14(20-19-13)15(21)17-12(4-2)10-6-8-11(16)9-7-10/h6-9,12H,3-5H2,1-2H3,(H,17,21)(H,18,19,20). The highest BCUT2D eigenvalue weighted by Crippen LogP contribution is 2.19. The molecule has 5 nitrogen and oxygen atoms in total. The molecule has 0 aliphatic carbocycles. The van der Waals surface area contributed by atoms with Gasteiger partial charge in [-0.05, 0) is 30.5 Å². The van der Waals surface area contributed by atoms with Crippen LogP contribution in [0.1, 0.15) is 54.7 Å². The van der Waals surface area contributed by atoms with Gasteiger partial charge in [-0.3, -0.25) is 9.89 Å². The second-order valence-corrected chi connectivity index (χ2v) is 5.76. The van der Waals surface area contributed by atoms with E-state index < -0.39 is 0 Å². The molecule has 0 saturated heterocycles. The summed E-state index contributed by atoms with van der Waals surface area (Å²) in [4.78, 5) is 16.4. The van der Waals surface area contributed by atoms with Crippen molar-refractivity contribution in [2.45, 2.75) is 39.2 Å². The van der Waals surface area contributed by atoms with Gasteiger partial charge in [0.25, 0.3) is 5.91 Å². The highest BCUT2D eigenvalue weighted by molar-refractivity contribution is 9.10. The molecule has 0 radical (unpaired) electrons. The molecule has 1 heterocycles. The number of carbonyl (C=O) groups excluding carboxylic acids is 1. The number of carbonyl (C=O) groups is 1. The molecule has 21 heavy (non-hydrogen) atoms. The second kappa shape index (κ2) is 7.36. The van der Waals surface area contributed by atoms with Crippen LogP contribution >= 0.6 is 15.9 Å². The lowest BCUT2D eigenvalue weighted by molar-refractivity contribution is 0.0925. The number of nitrogens with one attached hydrogen (secondary N) is 2. The number of hydrogen-bond acceptors (Lipinski definition) is 3. The highest BCUT2D eigenvalue weighted by atomic mass is 79.9. The molecule has 2 rings (SSSR count). The number of aryl methyl sites for hydroxylation is 1. The number of rotatable bonds is 6. The van der Waals surface area contributed by atoms with Crippen molar-refractivity contribution in [3.63, 3.8) is 0 Å². The van der Waals surface area contributed by atoms with E-state index >= 15 is 0 Å². The van der Waals surface area contributed by atoms with Crippen LogP contribution in [0, 0.1) is 0 Å². The number of halogens is 1. The lowest BCUT2D eigenvalue weighted by atomic mass is 10.0. The molecular weight excluding hydrogens is 332 g/mol. The maximum atomic E-state index is 12.2. The molecule has 0 spiro atoms. The van der Waals surface area contributed by atoms with E-state index in [1.54, 1.807) is 0 Å². The van der Waals surface area contributed by atoms with Crippen LogP contribution in [-0.4, -0.2) is 21.1 Å². The Morgan fingerprint density at radius 1 is 1.33 bits per heavy atom. The number of hydrogen-bond donors (Lipinski definition) is 2. The van der Waals surface area contributed by atoms with Gasteiger partial charge in [-0.2, -0.15) is 0 Å². The first-order valence-corrected chi connectivity index (χ1v) is 7.91. The Labute approximate surface area is 132 Å². The Balaban J connectivity index is 2.06. The van der Waals surface area contributed by atoms with Gasteiger partial charge in [-0.15, -0.1) is 5.10 Å². The van der Waals surface area contributed by atoms with Gasteiger partial charge >= 0.3 is 0 Å². The van der Waals surface area contributed by atoms with Crippen molar-refractivity contribution in [2.24, 2.45) is 0 Å². The van der Waals surface area contributed by atoms with Gasteiger partial charge in [-0.25, -0.2) is 4.98 Å². The van der Waals surface area contributed by atoms with Crippen LogP contribution in [0.3, 0.4) is 0 Å². The summed E-state index contributed by atoms with van der Waals surface area (Å²) in [5.74, 6) is 0.705. The minimum Gasteiger partial charge on any atom is -0.342 e. The van der Waals surface area contributed by atoms with Gasteiger partial charge in [0.05, 0.1) is 6.04 Å². The molecule has 0 aliphatic rings. The van der Waals surface area contributed by atoms with E-state index in [1.165, 1.54) is 0 Å². The summed E-state index contributed by atoms with van der Waals surface area (Å²) in [7, 11) is 0. The van der Waals surface area contributed by atoms with E-state index in [-0.39, 0.29) is 17.8 Å². The topological polar surface area (TPSA) is 70.7 Å². The van der Waals surface area contributed by atoms with Crippen molar-refractivity contribution >= 4 is 21.8 Å². The van der Waals surface area contributed by atoms with Crippen LogP contribution in [-0.2, 0) is 6.42 Å². The molecule has 2 aromatic rings. The predicted octanol–water partition coefficient (Wildman–Crippen LogP) is 3.40. The van der Waals surface area contributed by atoms with Crippen LogP contribution < -0.4 is 5.32 Å². The lowest BCUT2D eigenvalue weighted by Crippen LogP contribution is -2.29. The molecule has 1 aromatic carbocycles. The van der Waals surface area contributed by atoms with Gasteiger partial charge in [0.15, 0.2) is 0 Å². The third kappa shape index (κ3) is 4.14. The fraction of sp³-hybridized carbons (Fsp3) is 0.400. The molecule has 0 saturated carbocycles. The molecule has 0 fully saturated rings. The number of H-pyrrole nitrogens is 1. The lowest BCUT2D eigenvalue weighted by Gasteiger charge is -2.16. The van der Waals surface area contributed by atoms with Crippen LogP contribution in [0.4, 0.5) is 0 Å². The molecule has 6 heteroatoms. The van der Waals surface area contributed by atoms with E-state index in [2.05, 4.69) is 43.4 Å². The monoisotopic (exact) mass is 350 g/mol. The number of benzene rings is 1. The minimum atomic E-state index is -0.247. The second-order valence-electron chi connectivity index (χ2n) is 4.84. The molecule has 1 amide bonds. The Morgan fingerprint density at radius 3 is 2.67 bits per heavy atom. The third-order valence-electron chi connectivity index (χ3n) is 3.21. The summed E-state index contributed by atoms with van der Waals surface area (Å²) >= 11 is 3.41. The molecule has 1 aromatic heterocycles. The van der Waals surface area contributed by atoms with E-state index in [0.29, 0.717) is 0 Å². The van der Waals surface area contributed by atoms with E-state index in [4.69, 9.17) is 0 Å². The van der Waals surface area contributed by atoms with Gasteiger partial charge in [0.1, 0.15) is 5.82 Å². The number of amides is 1. The van der Waals surface area contributed by atoms with E-state index in [0.717, 1.165) is 35.1 Å². The third-order valence-corrected chi connectivity index (χ3v) is 3.74. The highest BCUT2D eigenvalue weighted by Gasteiger charge is 2.17. The van der Waals surface area contributed by atoms with Crippen LogP contribution in [0.15, 0.2) is 28.7 Å². The zero-order chi connectivity index (χ0) is 15.2. The number of nitrogens with zero attached hydrogens (tertiary/aromatic N) is 2. The van der Waals surface area contributed by atoms with Crippen molar-refractivity contribution < 1.29 is 4.79 Å². The Kier molecular flexibility index (Phi) is 5.50. The fourth-order valence-electron chi connectivity index (χ4n) is 2.08.